The van der Waals surface area contributed by atoms with Gasteiger partial charge in [0.1, 0.15) is 5.82 Å². The summed E-state index contributed by atoms with van der Waals surface area (Å²) in [5, 5.41) is 0. The van der Waals surface area contributed by atoms with E-state index in [9.17, 15) is 9.18 Å². The van der Waals surface area contributed by atoms with Crippen molar-refractivity contribution in [2.24, 2.45) is 0 Å². The number of piperidine rings is 1. The van der Waals surface area contributed by atoms with Gasteiger partial charge < -0.3 is 4.74 Å². The van der Waals surface area contributed by atoms with Crippen LogP contribution in [0.1, 0.15) is 31.7 Å². The van der Waals surface area contributed by atoms with Crippen LogP contribution in [-0.4, -0.2) is 36.6 Å². The normalized spacial score (nSPS) is 18.9. The largest absolute Gasteiger partial charge is 0.463 e. The number of nitrogens with zero attached hydrogens (tertiary/aromatic N) is 1. The van der Waals surface area contributed by atoms with E-state index in [4.69, 9.17) is 4.74 Å². The van der Waals surface area contributed by atoms with E-state index in [0.29, 0.717) is 12.2 Å². The van der Waals surface area contributed by atoms with Gasteiger partial charge in [-0.15, -0.1) is 0 Å². The first-order chi connectivity index (χ1) is 10.6. The molecule has 0 spiro atoms. The second kappa shape index (κ2) is 8.08. The molecule has 1 saturated heterocycles. The van der Waals surface area contributed by atoms with E-state index < -0.39 is 0 Å². The number of hydrogen-bond acceptors (Lipinski definition) is 3. The van der Waals surface area contributed by atoms with Crippen molar-refractivity contribution >= 4 is 5.97 Å². The predicted octanol–water partition coefficient (Wildman–Crippen LogP) is 3.34. The molecule has 0 amide bonds. The Labute approximate surface area is 131 Å². The number of carbonyl (C=O) groups excluding carboxylic acids is 1. The Balaban J connectivity index is 1.95. The number of ether oxygens (including phenoxy) is 1. The lowest BCUT2D eigenvalue weighted by Crippen LogP contribution is -2.43. The highest BCUT2D eigenvalue weighted by Crippen LogP contribution is 2.23. The Kier molecular flexibility index (Phi) is 6.13. The van der Waals surface area contributed by atoms with Gasteiger partial charge in [-0.1, -0.05) is 25.1 Å². The zero-order valence-electron chi connectivity index (χ0n) is 13.2. The highest BCUT2D eigenvalue weighted by atomic mass is 19.1. The second-order valence-corrected chi connectivity index (χ2v) is 5.67. The van der Waals surface area contributed by atoms with Crippen LogP contribution in [0.25, 0.3) is 0 Å². The molecule has 0 aromatic heterocycles. The van der Waals surface area contributed by atoms with Crippen LogP contribution < -0.4 is 0 Å². The molecular formula is C18H24FNO2. The van der Waals surface area contributed by atoms with Crippen molar-refractivity contribution < 1.29 is 13.9 Å². The van der Waals surface area contributed by atoms with Gasteiger partial charge >= 0.3 is 5.97 Å². The minimum Gasteiger partial charge on any atom is -0.463 e. The highest BCUT2D eigenvalue weighted by molar-refractivity contribution is 5.89. The Bertz CT molecular complexity index is 512. The molecule has 1 aromatic rings. The minimum absolute atomic E-state index is 0.0632. The van der Waals surface area contributed by atoms with Crippen LogP contribution in [0, 0.1) is 5.82 Å². The molecule has 1 aromatic carbocycles. The number of halogens is 1. The van der Waals surface area contributed by atoms with E-state index >= 15 is 0 Å². The maximum atomic E-state index is 12.9. The second-order valence-electron chi connectivity index (χ2n) is 5.67. The molecule has 4 heteroatoms. The average Bonchev–Trinajstić information content (AvgIpc) is 2.54. The van der Waals surface area contributed by atoms with Gasteiger partial charge in [-0.25, -0.2) is 9.18 Å². The van der Waals surface area contributed by atoms with Gasteiger partial charge in [0.2, 0.25) is 0 Å². The lowest BCUT2D eigenvalue weighted by molar-refractivity contribution is -0.139. The van der Waals surface area contributed by atoms with Crippen molar-refractivity contribution in [1.29, 1.82) is 0 Å². The Morgan fingerprint density at radius 3 is 2.77 bits per heavy atom. The molecule has 3 nitrogen and oxygen atoms in total. The third-order valence-corrected chi connectivity index (χ3v) is 4.15. The van der Waals surface area contributed by atoms with Crippen LogP contribution >= 0.6 is 0 Å². The first kappa shape index (κ1) is 16.7. The van der Waals surface area contributed by atoms with Gasteiger partial charge in [-0.05, 0) is 50.4 Å². The van der Waals surface area contributed by atoms with Gasteiger partial charge in [0, 0.05) is 18.2 Å². The third kappa shape index (κ3) is 4.41. The van der Waals surface area contributed by atoms with Crippen molar-refractivity contribution in [1.82, 2.24) is 4.90 Å². The number of hydrogen-bond donors (Lipinski definition) is 0. The smallest absolute Gasteiger partial charge is 0.335 e. The van der Waals surface area contributed by atoms with Crippen LogP contribution in [0.2, 0.25) is 0 Å². The summed E-state index contributed by atoms with van der Waals surface area (Å²) in [5.41, 5.74) is 1.66. The van der Waals surface area contributed by atoms with Gasteiger partial charge in [0.05, 0.1) is 6.61 Å². The van der Waals surface area contributed by atoms with E-state index in [1.54, 1.807) is 6.92 Å². The summed E-state index contributed by atoms with van der Waals surface area (Å²) in [6.07, 6.45) is 4.03. The van der Waals surface area contributed by atoms with Crippen LogP contribution in [0.15, 0.2) is 36.4 Å². The Morgan fingerprint density at radius 2 is 2.09 bits per heavy atom. The fraction of sp³-hybridized carbons (Fsp3) is 0.500. The van der Waals surface area contributed by atoms with Crippen LogP contribution in [0.4, 0.5) is 4.39 Å². The highest BCUT2D eigenvalue weighted by Gasteiger charge is 2.28. The predicted molar refractivity (Wildman–Crippen MR) is 85.1 cm³/mol. The number of benzene rings is 1. The maximum Gasteiger partial charge on any atom is 0.335 e. The summed E-state index contributed by atoms with van der Waals surface area (Å²) in [6, 6.07) is 6.66. The molecule has 1 aliphatic heterocycles. The molecule has 1 atom stereocenters. The number of carbonyl (C=O) groups is 1. The SMILES string of the molecule is C=C(C(=O)OCC)C1CCCCN1CCc1ccc(F)cc1. The van der Waals surface area contributed by atoms with Crippen molar-refractivity contribution in [3.63, 3.8) is 0 Å². The fourth-order valence-corrected chi connectivity index (χ4v) is 2.94. The van der Waals surface area contributed by atoms with Crippen molar-refractivity contribution in [2.45, 2.75) is 38.6 Å². The molecule has 22 heavy (non-hydrogen) atoms. The standard InChI is InChI=1S/C18H24FNO2/c1-3-22-18(21)14(2)17-6-4-5-12-20(17)13-11-15-7-9-16(19)10-8-15/h7-10,17H,2-6,11-13H2,1H3. The van der Waals surface area contributed by atoms with Crippen molar-refractivity contribution in [3.05, 3.63) is 47.8 Å². The summed E-state index contributed by atoms with van der Waals surface area (Å²) < 4.78 is 18.0. The summed E-state index contributed by atoms with van der Waals surface area (Å²) >= 11 is 0. The van der Waals surface area contributed by atoms with E-state index in [-0.39, 0.29) is 17.8 Å². The van der Waals surface area contributed by atoms with E-state index in [1.807, 2.05) is 12.1 Å². The Morgan fingerprint density at radius 1 is 1.36 bits per heavy atom. The Hall–Kier alpha value is -1.68. The third-order valence-electron chi connectivity index (χ3n) is 4.15. The van der Waals surface area contributed by atoms with Crippen LogP contribution in [0.3, 0.4) is 0 Å². The molecule has 0 bridgehead atoms. The average molecular weight is 305 g/mol. The molecule has 0 saturated carbocycles. The summed E-state index contributed by atoms with van der Waals surface area (Å²) in [5.74, 6) is -0.503. The maximum absolute atomic E-state index is 12.9. The topological polar surface area (TPSA) is 29.5 Å². The molecule has 0 aliphatic carbocycles. The zero-order chi connectivity index (χ0) is 15.9. The number of rotatable bonds is 6. The lowest BCUT2D eigenvalue weighted by atomic mass is 9.95. The van der Waals surface area contributed by atoms with Crippen molar-refractivity contribution in [2.75, 3.05) is 19.7 Å². The van der Waals surface area contributed by atoms with Gasteiger partial charge in [-0.3, -0.25) is 4.90 Å². The lowest BCUT2D eigenvalue weighted by Gasteiger charge is -2.36. The van der Waals surface area contributed by atoms with E-state index in [0.717, 1.165) is 44.3 Å². The fourth-order valence-electron chi connectivity index (χ4n) is 2.94. The molecular weight excluding hydrogens is 281 g/mol. The molecule has 0 N–H and O–H groups in total. The monoisotopic (exact) mass is 305 g/mol. The first-order valence-corrected chi connectivity index (χ1v) is 7.96. The van der Waals surface area contributed by atoms with Gasteiger partial charge in [0.25, 0.3) is 0 Å². The summed E-state index contributed by atoms with van der Waals surface area (Å²) in [6.45, 7) is 7.93. The van der Waals surface area contributed by atoms with Crippen LogP contribution in [0.5, 0.6) is 0 Å². The zero-order valence-corrected chi connectivity index (χ0v) is 13.2. The van der Waals surface area contributed by atoms with E-state index in [1.165, 1.54) is 12.1 Å². The van der Waals surface area contributed by atoms with Gasteiger partial charge in [0.15, 0.2) is 0 Å². The number of esters is 1. The molecule has 2 rings (SSSR count). The van der Waals surface area contributed by atoms with Crippen LogP contribution in [-0.2, 0) is 16.0 Å². The molecule has 1 unspecified atom stereocenters. The van der Waals surface area contributed by atoms with Crippen molar-refractivity contribution in [3.8, 4) is 0 Å². The molecule has 1 aliphatic rings. The number of likely N-dealkylation sites (tertiary alicyclic amines) is 1. The summed E-state index contributed by atoms with van der Waals surface area (Å²) in [4.78, 5) is 14.2. The quantitative estimate of drug-likeness (QED) is 0.596. The first-order valence-electron chi connectivity index (χ1n) is 7.96. The van der Waals surface area contributed by atoms with Gasteiger partial charge in [-0.2, -0.15) is 0 Å². The molecule has 120 valence electrons. The molecule has 1 fully saturated rings. The molecule has 1 heterocycles. The summed E-state index contributed by atoms with van der Waals surface area (Å²) in [7, 11) is 0. The minimum atomic E-state index is -0.291. The van der Waals surface area contributed by atoms with E-state index in [2.05, 4.69) is 11.5 Å². The molecule has 0 radical (unpaired) electrons.